The Morgan fingerprint density at radius 1 is 1.27 bits per heavy atom. The van der Waals surface area contributed by atoms with Gasteiger partial charge < -0.3 is 0 Å². The molecule has 68 valence electrons. The predicted octanol–water partition coefficient (Wildman–Crippen LogP) is 1.86. The highest BCUT2D eigenvalue weighted by Gasteiger charge is 2.21. The lowest BCUT2D eigenvalue weighted by Gasteiger charge is -2.21. The zero-order valence-corrected chi connectivity index (χ0v) is 8.83. The highest BCUT2D eigenvalue weighted by Crippen LogP contribution is 2.23. The van der Waals surface area contributed by atoms with Crippen LogP contribution in [0.5, 0.6) is 0 Å². The first-order valence-corrected chi connectivity index (χ1v) is 5.77. The summed E-state index contributed by atoms with van der Waals surface area (Å²) in [6.45, 7) is 7.92. The summed E-state index contributed by atoms with van der Waals surface area (Å²) in [5.41, 5.74) is 0.0997. The van der Waals surface area contributed by atoms with Gasteiger partial charge in [0.15, 0.2) is 0 Å². The molecule has 11 heavy (non-hydrogen) atoms. The van der Waals surface area contributed by atoms with Crippen LogP contribution in [0.2, 0.25) is 0 Å². The summed E-state index contributed by atoms with van der Waals surface area (Å²) >= 11 is 0. The SMILES string of the molecule is CC(CC(C)(C)C)S(C)(=O)=O. The number of sulfone groups is 1. The van der Waals surface area contributed by atoms with E-state index in [1.165, 1.54) is 6.26 Å². The van der Waals surface area contributed by atoms with E-state index in [1.54, 1.807) is 6.92 Å². The molecule has 0 heterocycles. The molecule has 0 aliphatic carbocycles. The first-order valence-electron chi connectivity index (χ1n) is 3.82. The Morgan fingerprint density at radius 3 is 1.73 bits per heavy atom. The fourth-order valence-corrected chi connectivity index (χ4v) is 1.82. The topological polar surface area (TPSA) is 34.1 Å². The highest BCUT2D eigenvalue weighted by molar-refractivity contribution is 7.91. The molecule has 0 saturated heterocycles. The number of hydrogen-bond donors (Lipinski definition) is 0. The molecule has 0 spiro atoms. The molecule has 0 fully saturated rings. The molecule has 1 atom stereocenters. The van der Waals surface area contributed by atoms with Crippen LogP contribution in [0.3, 0.4) is 0 Å². The largest absolute Gasteiger partial charge is 0.229 e. The van der Waals surface area contributed by atoms with Gasteiger partial charge in [-0.25, -0.2) is 8.42 Å². The molecule has 0 bridgehead atoms. The van der Waals surface area contributed by atoms with Crippen LogP contribution in [0.4, 0.5) is 0 Å². The minimum absolute atomic E-state index is 0.0997. The van der Waals surface area contributed by atoms with Gasteiger partial charge in [0.1, 0.15) is 9.84 Å². The number of rotatable bonds is 2. The lowest BCUT2D eigenvalue weighted by Crippen LogP contribution is -2.22. The van der Waals surface area contributed by atoms with E-state index in [1.807, 2.05) is 0 Å². The second kappa shape index (κ2) is 3.13. The van der Waals surface area contributed by atoms with Crippen molar-refractivity contribution in [3.05, 3.63) is 0 Å². The molecule has 0 amide bonds. The van der Waals surface area contributed by atoms with E-state index in [-0.39, 0.29) is 10.7 Å². The molecule has 2 nitrogen and oxygen atoms in total. The molecule has 0 aliphatic rings. The van der Waals surface area contributed by atoms with Gasteiger partial charge in [0.05, 0.1) is 5.25 Å². The van der Waals surface area contributed by atoms with E-state index in [4.69, 9.17) is 0 Å². The van der Waals surface area contributed by atoms with E-state index in [9.17, 15) is 8.42 Å². The Balaban J connectivity index is 4.22. The summed E-state index contributed by atoms with van der Waals surface area (Å²) in [4.78, 5) is 0. The van der Waals surface area contributed by atoms with Crippen molar-refractivity contribution < 1.29 is 8.42 Å². The van der Waals surface area contributed by atoms with Gasteiger partial charge in [0.25, 0.3) is 0 Å². The minimum atomic E-state index is -2.84. The Kier molecular flexibility index (Phi) is 3.12. The third-order valence-corrected chi connectivity index (χ3v) is 3.26. The van der Waals surface area contributed by atoms with Crippen molar-refractivity contribution in [2.45, 2.75) is 39.4 Å². The third kappa shape index (κ3) is 5.24. The van der Waals surface area contributed by atoms with E-state index >= 15 is 0 Å². The summed E-state index contributed by atoms with van der Waals surface area (Å²) < 4.78 is 22.0. The predicted molar refractivity (Wildman–Crippen MR) is 48.4 cm³/mol. The van der Waals surface area contributed by atoms with Gasteiger partial charge in [0.2, 0.25) is 0 Å². The Labute approximate surface area is 69.9 Å². The Bertz CT molecular complexity index is 209. The van der Waals surface area contributed by atoms with Crippen molar-refractivity contribution in [3.63, 3.8) is 0 Å². The highest BCUT2D eigenvalue weighted by atomic mass is 32.2. The van der Waals surface area contributed by atoms with Crippen LogP contribution in [-0.4, -0.2) is 19.9 Å². The van der Waals surface area contributed by atoms with Gasteiger partial charge >= 0.3 is 0 Å². The Morgan fingerprint density at radius 2 is 1.64 bits per heavy atom. The first-order chi connectivity index (χ1) is 4.63. The van der Waals surface area contributed by atoms with Crippen LogP contribution < -0.4 is 0 Å². The molecule has 0 rings (SSSR count). The third-order valence-electron chi connectivity index (χ3n) is 1.63. The molecular weight excluding hydrogens is 160 g/mol. The summed E-state index contributed by atoms with van der Waals surface area (Å²) in [5.74, 6) is 0. The molecule has 1 unspecified atom stereocenters. The fraction of sp³-hybridized carbons (Fsp3) is 1.00. The van der Waals surface area contributed by atoms with E-state index < -0.39 is 9.84 Å². The van der Waals surface area contributed by atoms with E-state index in [0.717, 1.165) is 6.42 Å². The van der Waals surface area contributed by atoms with Gasteiger partial charge in [-0.2, -0.15) is 0 Å². The van der Waals surface area contributed by atoms with Gasteiger partial charge in [-0.05, 0) is 18.8 Å². The molecule has 0 radical (unpaired) electrons. The average Bonchev–Trinajstić information content (AvgIpc) is 1.56. The summed E-state index contributed by atoms with van der Waals surface area (Å²) in [7, 11) is -2.84. The van der Waals surface area contributed by atoms with Crippen LogP contribution in [0.25, 0.3) is 0 Å². The minimum Gasteiger partial charge on any atom is -0.229 e. The fourth-order valence-electron chi connectivity index (χ4n) is 1.01. The van der Waals surface area contributed by atoms with Crippen LogP contribution in [0.15, 0.2) is 0 Å². The van der Waals surface area contributed by atoms with Gasteiger partial charge in [0, 0.05) is 6.26 Å². The molecule has 0 aromatic heterocycles. The summed E-state index contributed by atoms with van der Waals surface area (Å²) in [6.07, 6.45) is 2.02. The zero-order valence-electron chi connectivity index (χ0n) is 8.01. The van der Waals surface area contributed by atoms with Crippen molar-refractivity contribution in [2.24, 2.45) is 5.41 Å². The van der Waals surface area contributed by atoms with Crippen LogP contribution in [-0.2, 0) is 9.84 Å². The van der Waals surface area contributed by atoms with Crippen molar-refractivity contribution in [1.29, 1.82) is 0 Å². The number of hydrogen-bond acceptors (Lipinski definition) is 2. The second-order valence-electron chi connectivity index (χ2n) is 4.40. The quantitative estimate of drug-likeness (QED) is 0.646. The second-order valence-corrected chi connectivity index (χ2v) is 6.87. The van der Waals surface area contributed by atoms with Crippen molar-refractivity contribution >= 4 is 9.84 Å². The average molecular weight is 178 g/mol. The maximum absolute atomic E-state index is 11.0. The van der Waals surface area contributed by atoms with Crippen molar-refractivity contribution in [3.8, 4) is 0 Å². The molecule has 0 N–H and O–H groups in total. The first kappa shape index (κ1) is 11.0. The molecule has 0 saturated carbocycles. The van der Waals surface area contributed by atoms with Crippen LogP contribution in [0, 0.1) is 5.41 Å². The monoisotopic (exact) mass is 178 g/mol. The molecule has 3 heteroatoms. The lowest BCUT2D eigenvalue weighted by molar-refractivity contribution is 0.372. The maximum Gasteiger partial charge on any atom is 0.150 e. The zero-order chi connectivity index (χ0) is 9.28. The molecule has 0 aromatic carbocycles. The summed E-state index contributed by atoms with van der Waals surface area (Å²) in [6, 6.07) is 0. The van der Waals surface area contributed by atoms with Crippen molar-refractivity contribution in [2.75, 3.05) is 6.26 Å². The van der Waals surface area contributed by atoms with Gasteiger partial charge in [-0.1, -0.05) is 20.8 Å². The van der Waals surface area contributed by atoms with Gasteiger partial charge in [-0.3, -0.25) is 0 Å². The molecule has 0 aliphatic heterocycles. The normalized spacial score (nSPS) is 16.5. The maximum atomic E-state index is 11.0. The smallest absolute Gasteiger partial charge is 0.150 e. The molecular formula is C8H18O2S. The summed E-state index contributed by atoms with van der Waals surface area (Å²) in [5, 5.41) is -0.220. The standard InChI is InChI=1S/C8H18O2S/c1-7(11(5,9)10)6-8(2,3)4/h7H,6H2,1-5H3. The van der Waals surface area contributed by atoms with Crippen molar-refractivity contribution in [1.82, 2.24) is 0 Å². The molecule has 0 aromatic rings. The van der Waals surface area contributed by atoms with Gasteiger partial charge in [-0.15, -0.1) is 0 Å². The van der Waals surface area contributed by atoms with Crippen LogP contribution in [0.1, 0.15) is 34.1 Å². The van der Waals surface area contributed by atoms with Crippen LogP contribution >= 0.6 is 0 Å². The Hall–Kier alpha value is -0.0500. The lowest BCUT2D eigenvalue weighted by atomic mass is 9.91. The van der Waals surface area contributed by atoms with E-state index in [2.05, 4.69) is 20.8 Å². The van der Waals surface area contributed by atoms with E-state index in [0.29, 0.717) is 0 Å².